The normalized spacial score (nSPS) is 12.6. The van der Waals surface area contributed by atoms with Crippen molar-refractivity contribution >= 4 is 71.9 Å². The van der Waals surface area contributed by atoms with Gasteiger partial charge in [-0.1, -0.05) is 202 Å². The number of aromatic nitrogens is 2. The van der Waals surface area contributed by atoms with Gasteiger partial charge in [0.25, 0.3) is 0 Å². The van der Waals surface area contributed by atoms with Crippen molar-refractivity contribution in [3.63, 3.8) is 0 Å². The summed E-state index contributed by atoms with van der Waals surface area (Å²) < 4.78 is 4.89. The van der Waals surface area contributed by atoms with E-state index < -0.39 is 0 Å². The van der Waals surface area contributed by atoms with Gasteiger partial charge in [-0.15, -0.1) is 11.3 Å². The summed E-state index contributed by atoms with van der Waals surface area (Å²) in [5.41, 5.74) is 21.7. The third-order valence-electron chi connectivity index (χ3n) is 16.1. The molecule has 0 unspecified atom stereocenters. The Hall–Kier alpha value is -9.48. The molecular weight excluding hydrogens is 951 g/mol. The number of hydrogen-bond acceptors (Lipinski definition) is 2. The van der Waals surface area contributed by atoms with Crippen LogP contribution in [0.5, 0.6) is 0 Å². The minimum absolute atomic E-state index is 0.139. The highest BCUT2D eigenvalue weighted by atomic mass is 32.1. The molecule has 3 nitrogen and oxygen atoms in total. The van der Waals surface area contributed by atoms with E-state index in [4.69, 9.17) is 0 Å². The van der Waals surface area contributed by atoms with Gasteiger partial charge in [0.15, 0.2) is 0 Å². The van der Waals surface area contributed by atoms with Crippen LogP contribution in [-0.4, -0.2) is 9.13 Å². The van der Waals surface area contributed by atoms with E-state index in [2.05, 4.69) is 301 Å². The number of thiophene rings is 1. The van der Waals surface area contributed by atoms with Crippen molar-refractivity contribution in [2.75, 3.05) is 4.90 Å². The van der Waals surface area contributed by atoms with Crippen LogP contribution in [0.2, 0.25) is 0 Å². The van der Waals surface area contributed by atoms with Crippen LogP contribution in [0.1, 0.15) is 25.0 Å². The summed E-state index contributed by atoms with van der Waals surface area (Å²) in [5, 5.41) is 6.15. The molecule has 0 atom stereocenters. The van der Waals surface area contributed by atoms with Crippen molar-refractivity contribution in [3.8, 4) is 65.8 Å². The Morgan fingerprint density at radius 2 is 0.896 bits per heavy atom. The zero-order valence-electron chi connectivity index (χ0n) is 42.7. The minimum atomic E-state index is -0.139. The SMILES string of the molecule is CC1(C)c2ccccc2-c2ccc(N(c3ccc(-c4ccc(-c5cccc6c5ccc5c(-c7ccccc7)c(-c7ccccc7)n(-c7ccccc7)c56)s4)cc3)c3ccc4c(c3)c3ccccc3n4-c3ccccc3)cc21. The van der Waals surface area contributed by atoms with E-state index in [9.17, 15) is 0 Å². The summed E-state index contributed by atoms with van der Waals surface area (Å²) in [7, 11) is 0. The number of para-hydroxylation sites is 3. The lowest BCUT2D eigenvalue weighted by Gasteiger charge is -2.28. The molecule has 1 aliphatic carbocycles. The predicted octanol–water partition coefficient (Wildman–Crippen LogP) is 20.4. The molecule has 0 aliphatic heterocycles. The first kappa shape index (κ1) is 45.0. The van der Waals surface area contributed by atoms with Gasteiger partial charge in [0.1, 0.15) is 0 Å². The first-order valence-corrected chi connectivity index (χ1v) is 27.4. The first-order chi connectivity index (χ1) is 38.0. The maximum absolute atomic E-state index is 2.49. The lowest BCUT2D eigenvalue weighted by atomic mass is 9.82. The van der Waals surface area contributed by atoms with E-state index in [1.165, 1.54) is 109 Å². The van der Waals surface area contributed by atoms with Gasteiger partial charge in [-0.3, -0.25) is 0 Å². The molecule has 0 saturated carbocycles. The Labute approximate surface area is 452 Å². The van der Waals surface area contributed by atoms with E-state index in [0.29, 0.717) is 0 Å². The monoisotopic (exact) mass is 1000 g/mol. The summed E-state index contributed by atoms with van der Waals surface area (Å²) in [6, 6.07) is 100. The van der Waals surface area contributed by atoms with Crippen LogP contribution in [-0.2, 0) is 5.41 Å². The smallest absolute Gasteiger partial charge is 0.0620 e. The third kappa shape index (κ3) is 7.17. The molecule has 4 heteroatoms. The number of nitrogens with zero attached hydrogens (tertiary/aromatic N) is 3. The van der Waals surface area contributed by atoms with Crippen molar-refractivity contribution in [1.29, 1.82) is 0 Å². The number of benzene rings is 11. The molecule has 1 aliphatic rings. The fourth-order valence-corrected chi connectivity index (χ4v) is 13.6. The highest BCUT2D eigenvalue weighted by Gasteiger charge is 2.36. The van der Waals surface area contributed by atoms with Gasteiger partial charge in [0.05, 0.1) is 22.2 Å². The Bertz CT molecular complexity index is 4560. The molecule has 0 bridgehead atoms. The van der Waals surface area contributed by atoms with Gasteiger partial charge < -0.3 is 14.0 Å². The van der Waals surface area contributed by atoms with Crippen molar-refractivity contribution in [2.45, 2.75) is 19.3 Å². The highest BCUT2D eigenvalue weighted by molar-refractivity contribution is 7.18. The molecule has 77 heavy (non-hydrogen) atoms. The quantitative estimate of drug-likeness (QED) is 0.140. The minimum Gasteiger partial charge on any atom is -0.310 e. The fourth-order valence-electron chi connectivity index (χ4n) is 12.6. The van der Waals surface area contributed by atoms with E-state index in [1.54, 1.807) is 0 Å². The first-order valence-electron chi connectivity index (χ1n) is 26.6. The van der Waals surface area contributed by atoms with Crippen LogP contribution in [0.4, 0.5) is 17.1 Å². The third-order valence-corrected chi connectivity index (χ3v) is 17.3. The molecule has 0 N–H and O–H groups in total. The molecule has 0 fully saturated rings. The summed E-state index contributed by atoms with van der Waals surface area (Å²) >= 11 is 1.86. The van der Waals surface area contributed by atoms with E-state index >= 15 is 0 Å². The van der Waals surface area contributed by atoms with Crippen LogP contribution in [0.15, 0.2) is 273 Å². The number of anilines is 3. The molecule has 0 spiro atoms. The van der Waals surface area contributed by atoms with Crippen molar-refractivity contribution < 1.29 is 0 Å². The highest BCUT2D eigenvalue weighted by Crippen LogP contribution is 2.52. The number of hydrogen-bond donors (Lipinski definition) is 0. The lowest BCUT2D eigenvalue weighted by Crippen LogP contribution is -2.16. The summed E-state index contributed by atoms with van der Waals surface area (Å²) in [6.45, 7) is 4.73. The van der Waals surface area contributed by atoms with Crippen molar-refractivity contribution in [2.24, 2.45) is 0 Å². The molecule has 364 valence electrons. The van der Waals surface area contributed by atoms with Crippen molar-refractivity contribution in [1.82, 2.24) is 9.13 Å². The Kier molecular flexibility index (Phi) is 10.4. The second-order valence-corrected chi connectivity index (χ2v) is 21.9. The van der Waals surface area contributed by atoms with Crippen LogP contribution in [0.3, 0.4) is 0 Å². The van der Waals surface area contributed by atoms with Gasteiger partial charge in [0, 0.05) is 70.7 Å². The zero-order chi connectivity index (χ0) is 51.2. The maximum atomic E-state index is 2.49. The Balaban J connectivity index is 0.850. The fraction of sp³-hybridized carbons (Fsp3) is 0.0411. The van der Waals surface area contributed by atoms with Gasteiger partial charge >= 0.3 is 0 Å². The van der Waals surface area contributed by atoms with Crippen LogP contribution in [0, 0.1) is 0 Å². The van der Waals surface area contributed by atoms with Crippen LogP contribution < -0.4 is 4.90 Å². The van der Waals surface area contributed by atoms with Gasteiger partial charge in [-0.25, -0.2) is 0 Å². The number of fused-ring (bicyclic) bond motifs is 9. The molecule has 11 aromatic carbocycles. The predicted molar refractivity (Wildman–Crippen MR) is 327 cm³/mol. The molecule has 0 saturated heterocycles. The second kappa shape index (κ2) is 17.8. The van der Waals surface area contributed by atoms with Gasteiger partial charge in [-0.05, 0) is 135 Å². The second-order valence-electron chi connectivity index (χ2n) is 20.8. The Morgan fingerprint density at radius 3 is 1.66 bits per heavy atom. The van der Waals surface area contributed by atoms with E-state index in [0.717, 1.165) is 28.4 Å². The molecule has 0 radical (unpaired) electrons. The van der Waals surface area contributed by atoms with Gasteiger partial charge in [0.2, 0.25) is 0 Å². The summed E-state index contributed by atoms with van der Waals surface area (Å²) in [6.07, 6.45) is 0. The molecule has 15 rings (SSSR count). The average molecular weight is 1000 g/mol. The number of rotatable bonds is 9. The molecule has 3 aromatic heterocycles. The topological polar surface area (TPSA) is 13.1 Å². The molecule has 3 heterocycles. The maximum Gasteiger partial charge on any atom is 0.0620 e. The van der Waals surface area contributed by atoms with Crippen LogP contribution in [0.25, 0.3) is 109 Å². The molecule has 14 aromatic rings. The standard InChI is InChI=1S/C73H51N3S/c1-73(2)64-32-17-15-28-57(64)58-40-38-55(47-65(58)73)74(54-39-43-67-63(46-54)59-29-16-18-33-66(59)75(67)51-24-11-5-12-25-51)53-36-34-48(35-37-53)68-44-45-69(77-68)60-30-19-31-61-56(60)41-42-62-70(49-20-7-3-8-21-49)71(50-22-9-4-10-23-50)76(72(61)62)52-26-13-6-14-27-52/h3-47H,1-2H3. The lowest BCUT2D eigenvalue weighted by molar-refractivity contribution is 0.660. The van der Waals surface area contributed by atoms with E-state index in [-0.39, 0.29) is 5.41 Å². The van der Waals surface area contributed by atoms with E-state index in [1.807, 2.05) is 11.3 Å². The van der Waals surface area contributed by atoms with Crippen LogP contribution >= 0.6 is 11.3 Å². The van der Waals surface area contributed by atoms with Gasteiger partial charge in [-0.2, -0.15) is 0 Å². The largest absolute Gasteiger partial charge is 0.310 e. The molecule has 0 amide bonds. The Morgan fingerprint density at radius 1 is 0.338 bits per heavy atom. The van der Waals surface area contributed by atoms with Crippen molar-refractivity contribution in [3.05, 3.63) is 284 Å². The summed E-state index contributed by atoms with van der Waals surface area (Å²) in [4.78, 5) is 4.92. The zero-order valence-corrected chi connectivity index (χ0v) is 43.5. The average Bonchev–Trinajstić information content (AvgIpc) is 4.35. The summed E-state index contributed by atoms with van der Waals surface area (Å²) in [5.74, 6) is 0. The molecular formula is C73H51N3S.